The third kappa shape index (κ3) is 3.29. The molecular weight excluding hydrogens is 330 g/mol. The van der Waals surface area contributed by atoms with E-state index >= 15 is 0 Å². The topological polar surface area (TPSA) is 66.6 Å². The van der Waals surface area contributed by atoms with Gasteiger partial charge in [-0.3, -0.25) is 14.7 Å². The average molecular weight is 355 g/mol. The number of rotatable bonds is 5. The number of nitrogens with zero attached hydrogens (tertiary/aromatic N) is 1. The van der Waals surface area contributed by atoms with Gasteiger partial charge in [0.25, 0.3) is 5.91 Å². The van der Waals surface area contributed by atoms with Crippen LogP contribution < -0.4 is 14.8 Å². The summed E-state index contributed by atoms with van der Waals surface area (Å²) in [7, 11) is 1.60. The van der Waals surface area contributed by atoms with Crippen molar-refractivity contribution in [2.45, 2.75) is 31.8 Å². The van der Waals surface area contributed by atoms with Crippen molar-refractivity contribution in [3.63, 3.8) is 0 Å². The summed E-state index contributed by atoms with van der Waals surface area (Å²) in [5.74, 6) is 2.50. The van der Waals surface area contributed by atoms with Crippen LogP contribution in [0.5, 0.6) is 17.5 Å². The van der Waals surface area contributed by atoms with Crippen LogP contribution in [0.4, 0.5) is 0 Å². The van der Waals surface area contributed by atoms with E-state index in [2.05, 4.69) is 22.1 Å². The van der Waals surface area contributed by atoms with Gasteiger partial charge in [0.2, 0.25) is 0 Å². The Morgan fingerprint density at radius 1 is 1.12 bits per heavy atom. The van der Waals surface area contributed by atoms with Crippen LogP contribution >= 0.6 is 0 Å². The molecule has 1 aromatic carbocycles. The van der Waals surface area contributed by atoms with Crippen molar-refractivity contribution in [2.24, 2.45) is 5.92 Å². The molecule has 3 fully saturated rings. The second kappa shape index (κ2) is 7.03. The van der Waals surface area contributed by atoms with Crippen LogP contribution in [0.1, 0.15) is 30.1 Å². The summed E-state index contributed by atoms with van der Waals surface area (Å²) in [6.07, 6.45) is 2.36. The molecule has 0 saturated carbocycles. The summed E-state index contributed by atoms with van der Waals surface area (Å²) in [5.41, 5.74) is 0.657. The number of nitrogens with one attached hydrogen (secondary N) is 2. The number of ether oxygens (including phenoxy) is 2. The summed E-state index contributed by atoms with van der Waals surface area (Å²) in [6, 6.07) is 11.5. The van der Waals surface area contributed by atoms with Gasteiger partial charge in [-0.1, -0.05) is 0 Å². The second-order valence-corrected chi connectivity index (χ2v) is 7.13. The fraction of sp³-hybridized carbons (Fsp3) is 0.450. The smallest absolute Gasteiger partial charge is 0.251 e. The maximum absolute atomic E-state index is 12.7. The highest BCUT2D eigenvalue weighted by Crippen LogP contribution is 2.32. The molecule has 3 aliphatic rings. The van der Waals surface area contributed by atoms with E-state index in [0.717, 1.165) is 13.1 Å². The number of hydrogen-bond acceptors (Lipinski definition) is 4. The standard InChI is InChI=1S/C20H25N3O3/c1-13-19(14-9-11-23(13)12-10-14)22-20(24)15-3-5-16(6-4-15)26-18-8-7-17(21-18)25-2/h3-8,13-14,19,21H,9-12H2,1-2H3,(H,22,24)/t13?,19-/m0/s1. The predicted octanol–water partition coefficient (Wildman–Crippen LogP) is 3.03. The molecule has 138 valence electrons. The molecule has 0 radical (unpaired) electrons. The van der Waals surface area contributed by atoms with Crippen molar-refractivity contribution in [1.82, 2.24) is 15.2 Å². The fourth-order valence-electron chi connectivity index (χ4n) is 4.12. The van der Waals surface area contributed by atoms with Gasteiger partial charge in [0.15, 0.2) is 11.8 Å². The molecule has 2 atom stereocenters. The normalized spacial score (nSPS) is 27.2. The lowest BCUT2D eigenvalue weighted by molar-refractivity contribution is 0.0217. The van der Waals surface area contributed by atoms with Crippen molar-refractivity contribution in [1.29, 1.82) is 0 Å². The molecule has 2 bridgehead atoms. The molecule has 1 aromatic heterocycles. The molecule has 1 unspecified atom stereocenters. The molecule has 6 nitrogen and oxygen atoms in total. The number of aromatic nitrogens is 1. The zero-order chi connectivity index (χ0) is 18.1. The maximum Gasteiger partial charge on any atom is 0.251 e. The van der Waals surface area contributed by atoms with Gasteiger partial charge in [0.1, 0.15) is 5.75 Å². The number of piperidine rings is 3. The van der Waals surface area contributed by atoms with Crippen molar-refractivity contribution < 1.29 is 14.3 Å². The monoisotopic (exact) mass is 355 g/mol. The molecule has 4 heterocycles. The van der Waals surface area contributed by atoms with Crippen LogP contribution in [0, 0.1) is 5.92 Å². The minimum atomic E-state index is -0.0105. The molecule has 0 aliphatic carbocycles. The highest BCUT2D eigenvalue weighted by Gasteiger charge is 2.40. The van der Waals surface area contributed by atoms with E-state index in [9.17, 15) is 4.79 Å². The minimum Gasteiger partial charge on any atom is -0.482 e. The lowest BCUT2D eigenvalue weighted by atomic mass is 9.79. The van der Waals surface area contributed by atoms with Crippen molar-refractivity contribution in [3.05, 3.63) is 42.0 Å². The summed E-state index contributed by atoms with van der Waals surface area (Å²) < 4.78 is 10.8. The number of aromatic amines is 1. The van der Waals surface area contributed by atoms with Crippen molar-refractivity contribution in [3.8, 4) is 17.5 Å². The van der Waals surface area contributed by atoms with E-state index < -0.39 is 0 Å². The Labute approximate surface area is 153 Å². The van der Waals surface area contributed by atoms with E-state index in [-0.39, 0.29) is 11.9 Å². The van der Waals surface area contributed by atoms with Crippen LogP contribution in [0.15, 0.2) is 36.4 Å². The van der Waals surface area contributed by atoms with Gasteiger partial charge in [-0.15, -0.1) is 0 Å². The van der Waals surface area contributed by atoms with E-state index in [1.165, 1.54) is 12.8 Å². The highest BCUT2D eigenvalue weighted by molar-refractivity contribution is 5.94. The first-order valence-electron chi connectivity index (χ1n) is 9.20. The molecule has 1 amide bonds. The number of amides is 1. The number of carbonyl (C=O) groups is 1. The van der Waals surface area contributed by atoms with E-state index in [4.69, 9.17) is 9.47 Å². The van der Waals surface area contributed by atoms with Gasteiger partial charge in [-0.25, -0.2) is 0 Å². The molecule has 2 aromatic rings. The Bertz CT molecular complexity index is 761. The molecule has 3 saturated heterocycles. The Morgan fingerprint density at radius 3 is 2.42 bits per heavy atom. The summed E-state index contributed by atoms with van der Waals surface area (Å²) in [4.78, 5) is 18.1. The molecule has 3 aliphatic heterocycles. The largest absolute Gasteiger partial charge is 0.482 e. The van der Waals surface area contributed by atoms with E-state index in [1.54, 1.807) is 31.4 Å². The number of carbonyl (C=O) groups excluding carboxylic acids is 1. The number of hydrogen-bond donors (Lipinski definition) is 2. The predicted molar refractivity (Wildman–Crippen MR) is 98.9 cm³/mol. The van der Waals surface area contributed by atoms with Gasteiger partial charge < -0.3 is 14.8 Å². The Kier molecular flexibility index (Phi) is 4.59. The molecular formula is C20H25N3O3. The zero-order valence-electron chi connectivity index (χ0n) is 15.2. The van der Waals surface area contributed by atoms with Gasteiger partial charge in [0, 0.05) is 29.8 Å². The second-order valence-electron chi connectivity index (χ2n) is 7.13. The highest BCUT2D eigenvalue weighted by atomic mass is 16.5. The third-order valence-corrected chi connectivity index (χ3v) is 5.67. The fourth-order valence-corrected chi connectivity index (χ4v) is 4.12. The van der Waals surface area contributed by atoms with Gasteiger partial charge in [-0.05, 0) is 63.0 Å². The number of fused-ring (bicyclic) bond motifs is 3. The quantitative estimate of drug-likeness (QED) is 0.865. The van der Waals surface area contributed by atoms with Crippen molar-refractivity contribution in [2.75, 3.05) is 20.2 Å². The zero-order valence-corrected chi connectivity index (χ0v) is 15.2. The van der Waals surface area contributed by atoms with Crippen molar-refractivity contribution >= 4 is 5.91 Å². The molecule has 6 heteroatoms. The van der Waals surface area contributed by atoms with Crippen LogP contribution in [0.3, 0.4) is 0 Å². The van der Waals surface area contributed by atoms with Crippen LogP contribution in [-0.2, 0) is 0 Å². The molecule has 5 rings (SSSR count). The van der Waals surface area contributed by atoms with Crippen LogP contribution in [-0.4, -0.2) is 48.1 Å². The molecule has 0 spiro atoms. The lowest BCUT2D eigenvalue weighted by Gasteiger charge is -2.49. The number of methoxy groups -OCH3 is 1. The third-order valence-electron chi connectivity index (χ3n) is 5.67. The van der Waals surface area contributed by atoms with Crippen LogP contribution in [0.25, 0.3) is 0 Å². The van der Waals surface area contributed by atoms with E-state index in [0.29, 0.717) is 35.0 Å². The molecule has 2 N–H and O–H groups in total. The first-order chi connectivity index (χ1) is 12.6. The lowest BCUT2D eigenvalue weighted by Crippen LogP contribution is -2.62. The minimum absolute atomic E-state index is 0.0105. The van der Waals surface area contributed by atoms with E-state index in [1.807, 2.05) is 12.1 Å². The Morgan fingerprint density at radius 2 is 1.81 bits per heavy atom. The summed E-state index contributed by atoms with van der Waals surface area (Å²) in [6.45, 7) is 4.54. The summed E-state index contributed by atoms with van der Waals surface area (Å²) in [5, 5.41) is 3.25. The first kappa shape index (κ1) is 17.0. The average Bonchev–Trinajstić information content (AvgIpc) is 3.13. The SMILES string of the molecule is COc1ccc(Oc2ccc(C(=O)N[C@@H]3C4CCN(CC4)C3C)cc2)[nH]1. The van der Waals surface area contributed by atoms with Crippen LogP contribution in [0.2, 0.25) is 0 Å². The van der Waals surface area contributed by atoms with Gasteiger partial charge in [0.05, 0.1) is 7.11 Å². The Hall–Kier alpha value is -2.47. The Balaban J connectivity index is 1.39. The maximum atomic E-state index is 12.7. The number of H-pyrrole nitrogens is 1. The summed E-state index contributed by atoms with van der Waals surface area (Å²) >= 11 is 0. The molecule has 26 heavy (non-hydrogen) atoms. The number of benzene rings is 1. The van der Waals surface area contributed by atoms with Gasteiger partial charge >= 0.3 is 0 Å². The van der Waals surface area contributed by atoms with Gasteiger partial charge in [-0.2, -0.15) is 0 Å². The first-order valence-corrected chi connectivity index (χ1v) is 9.20.